The maximum Gasteiger partial charge on any atom is 0.257 e. The summed E-state index contributed by atoms with van der Waals surface area (Å²) in [5, 5.41) is 0. The second-order valence-corrected chi connectivity index (χ2v) is 9.82. The first-order valence-corrected chi connectivity index (χ1v) is 12.9. The van der Waals surface area contributed by atoms with Crippen molar-refractivity contribution in [2.75, 3.05) is 19.7 Å². The summed E-state index contributed by atoms with van der Waals surface area (Å²) in [6.07, 6.45) is 7.57. The van der Waals surface area contributed by atoms with E-state index in [1.807, 2.05) is 11.8 Å². The van der Waals surface area contributed by atoms with Gasteiger partial charge in [0.2, 0.25) is 0 Å². The molecule has 0 unspecified atom stereocenters. The number of aryl methyl sites for hydroxylation is 2. The van der Waals surface area contributed by atoms with E-state index in [0.717, 1.165) is 32.1 Å². The van der Waals surface area contributed by atoms with Gasteiger partial charge in [-0.2, -0.15) is 0 Å². The third-order valence-electron chi connectivity index (χ3n) is 7.14. The van der Waals surface area contributed by atoms with Gasteiger partial charge in [-0.25, -0.2) is 4.39 Å². The molecule has 3 rings (SSSR count). The van der Waals surface area contributed by atoms with Crippen LogP contribution in [0, 0.1) is 18.7 Å². The highest BCUT2D eigenvalue weighted by molar-refractivity contribution is 5.97. The fourth-order valence-corrected chi connectivity index (χ4v) is 4.76. The van der Waals surface area contributed by atoms with E-state index in [-0.39, 0.29) is 11.7 Å². The number of piperidine rings is 1. The van der Waals surface area contributed by atoms with Crippen molar-refractivity contribution in [2.45, 2.75) is 66.7 Å². The molecule has 4 heteroatoms. The summed E-state index contributed by atoms with van der Waals surface area (Å²) in [4.78, 5) is 15.1. The number of amides is 1. The minimum absolute atomic E-state index is 0.0718. The molecule has 1 saturated heterocycles. The lowest BCUT2D eigenvalue weighted by Crippen LogP contribution is -2.39. The lowest BCUT2D eigenvalue weighted by atomic mass is 9.84. The number of allylic oxidation sites excluding steroid dienone is 4. The standard InChI is InChI=1S/C31H40FNO2/c1-6-35-30-21-28(32)14-15-29(30)31(34)33-18-16-26(17-19-33)27(20-24(5)22(2)3)13-9-12-25-11-8-7-10-23(25)4/h7-8,10-11,14-15,20-21,26H,6,9,12-13,16-19H2,1-5H3/b27-20+. The molecule has 1 fully saturated rings. The van der Waals surface area contributed by atoms with Crippen molar-refractivity contribution in [3.63, 3.8) is 0 Å². The zero-order chi connectivity index (χ0) is 25.4. The van der Waals surface area contributed by atoms with Crippen LogP contribution in [0.15, 0.2) is 65.3 Å². The average molecular weight is 478 g/mol. The molecule has 188 valence electrons. The summed E-state index contributed by atoms with van der Waals surface area (Å²) in [5.41, 5.74) is 7.41. The summed E-state index contributed by atoms with van der Waals surface area (Å²) in [6.45, 7) is 12.3. The van der Waals surface area contributed by atoms with E-state index in [1.165, 1.54) is 40.0 Å². The number of carbonyl (C=O) groups is 1. The van der Waals surface area contributed by atoms with Crippen LogP contribution in [0.5, 0.6) is 5.75 Å². The van der Waals surface area contributed by atoms with Crippen molar-refractivity contribution in [3.05, 3.63) is 87.8 Å². The van der Waals surface area contributed by atoms with Gasteiger partial charge in [0, 0.05) is 19.2 Å². The molecule has 1 heterocycles. The molecule has 0 saturated carbocycles. The van der Waals surface area contributed by atoms with Gasteiger partial charge in [0.1, 0.15) is 11.6 Å². The molecule has 0 aliphatic carbocycles. The first-order chi connectivity index (χ1) is 16.8. The van der Waals surface area contributed by atoms with Gasteiger partial charge in [0.05, 0.1) is 12.2 Å². The van der Waals surface area contributed by atoms with Gasteiger partial charge in [0.15, 0.2) is 0 Å². The molecule has 35 heavy (non-hydrogen) atoms. The molecular weight excluding hydrogens is 437 g/mol. The Hall–Kier alpha value is -2.88. The predicted molar refractivity (Wildman–Crippen MR) is 142 cm³/mol. The van der Waals surface area contributed by atoms with Crippen LogP contribution in [0.3, 0.4) is 0 Å². The third kappa shape index (κ3) is 7.30. The van der Waals surface area contributed by atoms with Crippen molar-refractivity contribution in [1.29, 1.82) is 0 Å². The number of nitrogens with zero attached hydrogens (tertiary/aromatic N) is 1. The van der Waals surface area contributed by atoms with Crippen LogP contribution in [0.2, 0.25) is 0 Å². The van der Waals surface area contributed by atoms with Crippen molar-refractivity contribution in [1.82, 2.24) is 4.90 Å². The van der Waals surface area contributed by atoms with E-state index in [4.69, 9.17) is 4.74 Å². The highest BCUT2D eigenvalue weighted by Gasteiger charge is 2.27. The fourth-order valence-electron chi connectivity index (χ4n) is 4.76. The van der Waals surface area contributed by atoms with Crippen LogP contribution >= 0.6 is 0 Å². The maximum atomic E-state index is 13.7. The van der Waals surface area contributed by atoms with Crippen molar-refractivity contribution in [3.8, 4) is 5.75 Å². The summed E-state index contributed by atoms with van der Waals surface area (Å²) in [7, 11) is 0. The van der Waals surface area contributed by atoms with Gasteiger partial charge in [-0.3, -0.25) is 4.79 Å². The SMILES string of the molecule is CCOc1cc(F)ccc1C(=O)N1CCC(/C(=C/C(C)=C(C)C)CCCc2ccccc2C)CC1. The number of hydrogen-bond acceptors (Lipinski definition) is 2. The number of hydrogen-bond donors (Lipinski definition) is 0. The number of halogens is 1. The molecule has 1 aliphatic rings. The van der Waals surface area contributed by atoms with Gasteiger partial charge in [-0.1, -0.05) is 47.1 Å². The van der Waals surface area contributed by atoms with Crippen molar-refractivity contribution < 1.29 is 13.9 Å². The Morgan fingerprint density at radius 2 is 1.83 bits per heavy atom. The Labute approximate surface area is 210 Å². The van der Waals surface area contributed by atoms with Gasteiger partial charge in [0.25, 0.3) is 5.91 Å². The zero-order valence-electron chi connectivity index (χ0n) is 22.0. The van der Waals surface area contributed by atoms with E-state index in [0.29, 0.717) is 36.9 Å². The quantitative estimate of drug-likeness (QED) is 0.347. The largest absolute Gasteiger partial charge is 0.493 e. The Morgan fingerprint density at radius 1 is 1.11 bits per heavy atom. The number of benzene rings is 2. The van der Waals surface area contributed by atoms with Gasteiger partial charge in [-0.15, -0.1) is 0 Å². The molecular formula is C31H40FNO2. The molecule has 0 bridgehead atoms. The number of carbonyl (C=O) groups excluding carboxylic acids is 1. The predicted octanol–water partition coefficient (Wildman–Crippen LogP) is 7.69. The molecule has 1 amide bonds. The highest BCUT2D eigenvalue weighted by Crippen LogP contribution is 2.31. The minimum Gasteiger partial charge on any atom is -0.493 e. The second-order valence-electron chi connectivity index (χ2n) is 9.82. The van der Waals surface area contributed by atoms with Crippen LogP contribution < -0.4 is 4.74 Å². The van der Waals surface area contributed by atoms with Crippen LogP contribution in [0.1, 0.15) is 74.9 Å². The third-order valence-corrected chi connectivity index (χ3v) is 7.14. The number of likely N-dealkylation sites (tertiary alicyclic amines) is 1. The topological polar surface area (TPSA) is 29.5 Å². The van der Waals surface area contributed by atoms with Crippen LogP contribution in [-0.2, 0) is 6.42 Å². The lowest BCUT2D eigenvalue weighted by Gasteiger charge is -2.34. The Bertz CT molecular complexity index is 1070. The molecule has 0 N–H and O–H groups in total. The number of ether oxygens (including phenoxy) is 1. The van der Waals surface area contributed by atoms with Gasteiger partial charge >= 0.3 is 0 Å². The fraction of sp³-hybridized carbons (Fsp3) is 0.452. The summed E-state index contributed by atoms with van der Waals surface area (Å²) in [5.74, 6) is 0.344. The molecule has 2 aromatic carbocycles. The average Bonchev–Trinajstić information content (AvgIpc) is 2.84. The Balaban J connectivity index is 1.68. The van der Waals surface area contributed by atoms with E-state index >= 15 is 0 Å². The first-order valence-electron chi connectivity index (χ1n) is 12.9. The molecule has 0 atom stereocenters. The van der Waals surface area contributed by atoms with Crippen LogP contribution in [0.4, 0.5) is 4.39 Å². The van der Waals surface area contributed by atoms with Crippen LogP contribution in [0.25, 0.3) is 0 Å². The minimum atomic E-state index is -0.390. The summed E-state index contributed by atoms with van der Waals surface area (Å²) >= 11 is 0. The highest BCUT2D eigenvalue weighted by atomic mass is 19.1. The van der Waals surface area contributed by atoms with Gasteiger partial charge in [-0.05, 0) is 95.9 Å². The normalized spacial score (nSPS) is 14.7. The van der Waals surface area contributed by atoms with E-state index < -0.39 is 0 Å². The summed E-state index contributed by atoms with van der Waals surface area (Å²) < 4.78 is 19.2. The molecule has 0 aromatic heterocycles. The first kappa shape index (κ1) is 26.7. The second kappa shape index (κ2) is 12.7. The molecule has 3 nitrogen and oxygen atoms in total. The van der Waals surface area contributed by atoms with E-state index in [2.05, 4.69) is 58.0 Å². The van der Waals surface area contributed by atoms with Gasteiger partial charge < -0.3 is 9.64 Å². The monoisotopic (exact) mass is 477 g/mol. The lowest BCUT2D eigenvalue weighted by molar-refractivity contribution is 0.0696. The Morgan fingerprint density at radius 3 is 2.49 bits per heavy atom. The molecule has 1 aliphatic heterocycles. The molecule has 0 spiro atoms. The van der Waals surface area contributed by atoms with Crippen molar-refractivity contribution in [2.24, 2.45) is 5.92 Å². The molecule has 0 radical (unpaired) electrons. The van der Waals surface area contributed by atoms with E-state index in [9.17, 15) is 9.18 Å². The Kier molecular flexibility index (Phi) is 9.71. The van der Waals surface area contributed by atoms with Crippen LogP contribution in [-0.4, -0.2) is 30.5 Å². The smallest absolute Gasteiger partial charge is 0.257 e. The zero-order valence-corrected chi connectivity index (χ0v) is 22.0. The van der Waals surface area contributed by atoms with E-state index in [1.54, 1.807) is 6.07 Å². The summed E-state index contributed by atoms with van der Waals surface area (Å²) in [6, 6.07) is 12.8. The van der Waals surface area contributed by atoms with Crippen molar-refractivity contribution >= 4 is 5.91 Å². The molecule has 2 aromatic rings. The maximum absolute atomic E-state index is 13.7. The number of rotatable bonds is 9.